The smallest absolute Gasteiger partial charge is 0.221 e. The van der Waals surface area contributed by atoms with Crippen molar-refractivity contribution in [1.29, 1.82) is 0 Å². The summed E-state index contributed by atoms with van der Waals surface area (Å²) in [5, 5.41) is 2.95. The molecule has 116 valence electrons. The van der Waals surface area contributed by atoms with E-state index in [2.05, 4.69) is 40.5 Å². The van der Waals surface area contributed by atoms with Crippen molar-refractivity contribution in [3.8, 4) is 0 Å². The zero-order valence-corrected chi connectivity index (χ0v) is 13.1. The van der Waals surface area contributed by atoms with Crippen LogP contribution in [0.1, 0.15) is 38.2 Å². The zero-order valence-electron chi connectivity index (χ0n) is 13.1. The Morgan fingerprint density at radius 1 is 1.38 bits per heavy atom. The fourth-order valence-electron chi connectivity index (χ4n) is 3.07. The van der Waals surface area contributed by atoms with E-state index in [9.17, 15) is 4.79 Å². The molecule has 4 heteroatoms. The maximum Gasteiger partial charge on any atom is 0.221 e. The summed E-state index contributed by atoms with van der Waals surface area (Å²) < 4.78 is 0. The second kappa shape index (κ2) is 7.57. The normalized spacial score (nSPS) is 20.7. The van der Waals surface area contributed by atoms with Crippen LogP contribution < -0.4 is 11.1 Å². The highest BCUT2D eigenvalue weighted by atomic mass is 16.1. The van der Waals surface area contributed by atoms with Crippen molar-refractivity contribution in [3.63, 3.8) is 0 Å². The van der Waals surface area contributed by atoms with Crippen molar-refractivity contribution in [2.24, 2.45) is 5.73 Å². The van der Waals surface area contributed by atoms with Gasteiger partial charge in [0.1, 0.15) is 0 Å². The Hall–Kier alpha value is -1.39. The highest BCUT2D eigenvalue weighted by Gasteiger charge is 2.29. The average Bonchev–Trinajstić information content (AvgIpc) is 2.94. The average molecular weight is 289 g/mol. The van der Waals surface area contributed by atoms with Gasteiger partial charge in [0.25, 0.3) is 0 Å². The zero-order chi connectivity index (χ0) is 15.2. The van der Waals surface area contributed by atoms with E-state index in [1.807, 2.05) is 13.8 Å². The van der Waals surface area contributed by atoms with Gasteiger partial charge in [0.2, 0.25) is 5.91 Å². The molecule has 0 saturated carbocycles. The van der Waals surface area contributed by atoms with Gasteiger partial charge < -0.3 is 11.1 Å². The molecule has 0 bridgehead atoms. The maximum absolute atomic E-state index is 11.9. The van der Waals surface area contributed by atoms with Crippen molar-refractivity contribution in [2.45, 2.75) is 44.7 Å². The van der Waals surface area contributed by atoms with Crippen LogP contribution >= 0.6 is 0 Å². The molecule has 2 rings (SSSR count). The number of rotatable bonds is 6. The van der Waals surface area contributed by atoms with Gasteiger partial charge in [-0.15, -0.1) is 0 Å². The molecule has 0 aliphatic carbocycles. The summed E-state index contributed by atoms with van der Waals surface area (Å²) in [7, 11) is 0. The summed E-state index contributed by atoms with van der Waals surface area (Å²) in [5.74, 6) is 0.664. The van der Waals surface area contributed by atoms with Crippen LogP contribution in [0.4, 0.5) is 0 Å². The second-order valence-corrected chi connectivity index (χ2v) is 6.21. The Balaban J connectivity index is 1.90. The van der Waals surface area contributed by atoms with E-state index in [-0.39, 0.29) is 18.0 Å². The molecule has 1 fully saturated rings. The number of hydrogen-bond acceptors (Lipinski definition) is 3. The number of likely N-dealkylation sites (tertiary alicyclic amines) is 1. The van der Waals surface area contributed by atoms with Gasteiger partial charge in [-0.25, -0.2) is 0 Å². The maximum atomic E-state index is 11.9. The van der Waals surface area contributed by atoms with Crippen molar-refractivity contribution < 1.29 is 4.79 Å². The van der Waals surface area contributed by atoms with Crippen LogP contribution in [0.25, 0.3) is 0 Å². The van der Waals surface area contributed by atoms with Crippen molar-refractivity contribution >= 4 is 5.91 Å². The Morgan fingerprint density at radius 3 is 2.71 bits per heavy atom. The third-order valence-corrected chi connectivity index (χ3v) is 4.15. The fourth-order valence-corrected chi connectivity index (χ4v) is 3.07. The minimum absolute atomic E-state index is 0.101. The van der Waals surface area contributed by atoms with E-state index in [1.165, 1.54) is 5.56 Å². The topological polar surface area (TPSA) is 58.4 Å². The third kappa shape index (κ3) is 4.55. The fraction of sp³-hybridized carbons (Fsp3) is 0.588. The van der Waals surface area contributed by atoms with E-state index >= 15 is 0 Å². The molecule has 1 aromatic carbocycles. The molecular formula is C17H27N3O. The summed E-state index contributed by atoms with van der Waals surface area (Å²) in [6.45, 7) is 6.53. The Bertz CT molecular complexity index is 447. The highest BCUT2D eigenvalue weighted by Crippen LogP contribution is 2.28. The van der Waals surface area contributed by atoms with Gasteiger partial charge in [-0.1, -0.05) is 30.3 Å². The Morgan fingerprint density at radius 2 is 2.10 bits per heavy atom. The number of amides is 1. The number of nitrogens with two attached hydrogens (primary N) is 1. The van der Waals surface area contributed by atoms with Gasteiger partial charge in [-0.05, 0) is 38.3 Å². The number of nitrogens with one attached hydrogen (secondary N) is 1. The molecule has 1 aromatic rings. The number of benzene rings is 1. The molecule has 4 nitrogen and oxygen atoms in total. The lowest BCUT2D eigenvalue weighted by Crippen LogP contribution is -2.43. The summed E-state index contributed by atoms with van der Waals surface area (Å²) in [6.07, 6.45) is 1.64. The lowest BCUT2D eigenvalue weighted by molar-refractivity contribution is -0.122. The van der Waals surface area contributed by atoms with Crippen LogP contribution in [0.5, 0.6) is 0 Å². The molecule has 1 amide bonds. The van der Waals surface area contributed by atoms with E-state index in [0.717, 1.165) is 19.5 Å². The molecule has 2 unspecified atom stereocenters. The van der Waals surface area contributed by atoms with E-state index in [0.29, 0.717) is 18.9 Å². The molecule has 1 aliphatic heterocycles. The monoisotopic (exact) mass is 289 g/mol. The van der Waals surface area contributed by atoms with Crippen LogP contribution in [-0.2, 0) is 4.79 Å². The lowest BCUT2D eigenvalue weighted by Gasteiger charge is -2.26. The minimum atomic E-state index is 0.101. The van der Waals surface area contributed by atoms with Gasteiger partial charge in [0.05, 0.1) is 0 Å². The van der Waals surface area contributed by atoms with Crippen molar-refractivity contribution in [1.82, 2.24) is 10.2 Å². The van der Waals surface area contributed by atoms with Gasteiger partial charge in [0, 0.05) is 31.6 Å². The summed E-state index contributed by atoms with van der Waals surface area (Å²) >= 11 is 0. The number of carbonyl (C=O) groups is 1. The number of nitrogens with zero attached hydrogens (tertiary/aromatic N) is 1. The minimum Gasteiger partial charge on any atom is -0.354 e. The summed E-state index contributed by atoms with van der Waals surface area (Å²) in [6, 6.07) is 11.0. The van der Waals surface area contributed by atoms with Gasteiger partial charge >= 0.3 is 0 Å². The Labute approximate surface area is 127 Å². The first-order valence-electron chi connectivity index (χ1n) is 7.88. The van der Waals surface area contributed by atoms with Crippen LogP contribution in [0.3, 0.4) is 0 Å². The SMILES string of the molecule is CC(C)NC(=O)CC(CN)N1CCC(c2ccccc2)C1. The molecule has 0 aromatic heterocycles. The van der Waals surface area contributed by atoms with E-state index in [4.69, 9.17) is 5.73 Å². The lowest BCUT2D eigenvalue weighted by atomic mass is 9.99. The van der Waals surface area contributed by atoms with E-state index < -0.39 is 0 Å². The van der Waals surface area contributed by atoms with Crippen molar-refractivity contribution in [3.05, 3.63) is 35.9 Å². The van der Waals surface area contributed by atoms with E-state index in [1.54, 1.807) is 0 Å². The van der Waals surface area contributed by atoms with Gasteiger partial charge in [-0.2, -0.15) is 0 Å². The third-order valence-electron chi connectivity index (χ3n) is 4.15. The van der Waals surface area contributed by atoms with Crippen LogP contribution in [0.15, 0.2) is 30.3 Å². The second-order valence-electron chi connectivity index (χ2n) is 6.21. The van der Waals surface area contributed by atoms with Gasteiger partial charge in [0.15, 0.2) is 0 Å². The predicted octanol–water partition coefficient (Wildman–Crippen LogP) is 1.72. The molecule has 1 saturated heterocycles. The molecule has 0 radical (unpaired) electrons. The van der Waals surface area contributed by atoms with Crippen LogP contribution in [-0.4, -0.2) is 42.5 Å². The molecule has 1 aliphatic rings. The van der Waals surface area contributed by atoms with Crippen molar-refractivity contribution in [2.75, 3.05) is 19.6 Å². The highest BCUT2D eigenvalue weighted by molar-refractivity contribution is 5.76. The summed E-state index contributed by atoms with van der Waals surface area (Å²) in [5.41, 5.74) is 7.29. The molecule has 3 N–H and O–H groups in total. The van der Waals surface area contributed by atoms with Gasteiger partial charge in [-0.3, -0.25) is 9.69 Å². The molecule has 2 atom stereocenters. The predicted molar refractivity (Wildman–Crippen MR) is 86.1 cm³/mol. The number of hydrogen-bond donors (Lipinski definition) is 2. The standard InChI is InChI=1S/C17H27N3O/c1-13(2)19-17(21)10-16(11-18)20-9-8-15(12-20)14-6-4-3-5-7-14/h3-7,13,15-16H,8-12,18H2,1-2H3,(H,19,21). The first-order chi connectivity index (χ1) is 10.1. The summed E-state index contributed by atoms with van der Waals surface area (Å²) in [4.78, 5) is 14.3. The molecule has 0 spiro atoms. The largest absolute Gasteiger partial charge is 0.354 e. The molecule has 1 heterocycles. The van der Waals surface area contributed by atoms with Crippen LogP contribution in [0.2, 0.25) is 0 Å². The first-order valence-corrected chi connectivity index (χ1v) is 7.88. The number of carbonyl (C=O) groups excluding carboxylic acids is 1. The first kappa shape index (κ1) is 16.0. The molecular weight excluding hydrogens is 262 g/mol. The quantitative estimate of drug-likeness (QED) is 0.838. The molecule has 21 heavy (non-hydrogen) atoms. The van der Waals surface area contributed by atoms with Crippen LogP contribution in [0, 0.1) is 0 Å². The Kier molecular flexibility index (Phi) is 5.76.